The summed E-state index contributed by atoms with van der Waals surface area (Å²) in [6.45, 7) is 0. The number of aryl methyl sites for hydroxylation is 1. The molecule has 2 aromatic rings. The second kappa shape index (κ2) is 4.23. The van der Waals surface area contributed by atoms with Crippen LogP contribution in [-0.2, 0) is 13.5 Å². The Kier molecular flexibility index (Phi) is 2.78. The van der Waals surface area contributed by atoms with E-state index in [4.69, 9.17) is 5.73 Å². The molecule has 0 amide bonds. The van der Waals surface area contributed by atoms with Crippen LogP contribution >= 0.6 is 0 Å². The van der Waals surface area contributed by atoms with Crippen LogP contribution in [0.5, 0.6) is 0 Å². The molecular formula is C11H14N4. The Morgan fingerprint density at radius 1 is 1.40 bits per heavy atom. The zero-order valence-electron chi connectivity index (χ0n) is 8.67. The minimum Gasteiger partial charge on any atom is -0.322 e. The largest absolute Gasteiger partial charge is 0.322 e. The number of nitrogens with zero attached hydrogens (tertiary/aromatic N) is 3. The van der Waals surface area contributed by atoms with E-state index in [1.807, 2.05) is 37.5 Å². The molecule has 4 nitrogen and oxygen atoms in total. The van der Waals surface area contributed by atoms with Gasteiger partial charge < -0.3 is 5.73 Å². The molecule has 0 aromatic carbocycles. The topological polar surface area (TPSA) is 56.7 Å². The van der Waals surface area contributed by atoms with E-state index < -0.39 is 0 Å². The zero-order chi connectivity index (χ0) is 10.7. The Bertz CT molecular complexity index is 421. The molecule has 0 aliphatic rings. The van der Waals surface area contributed by atoms with Crippen molar-refractivity contribution in [1.82, 2.24) is 14.8 Å². The quantitative estimate of drug-likeness (QED) is 0.809. The van der Waals surface area contributed by atoms with E-state index in [1.54, 1.807) is 10.9 Å². The summed E-state index contributed by atoms with van der Waals surface area (Å²) < 4.78 is 1.76. The van der Waals surface area contributed by atoms with Gasteiger partial charge >= 0.3 is 0 Å². The van der Waals surface area contributed by atoms with Gasteiger partial charge in [-0.15, -0.1) is 0 Å². The van der Waals surface area contributed by atoms with Crippen molar-refractivity contribution in [2.75, 3.05) is 0 Å². The van der Waals surface area contributed by atoms with Crippen molar-refractivity contribution >= 4 is 0 Å². The van der Waals surface area contributed by atoms with Crippen molar-refractivity contribution in [1.29, 1.82) is 0 Å². The van der Waals surface area contributed by atoms with Crippen LogP contribution in [0.1, 0.15) is 17.4 Å². The Morgan fingerprint density at radius 3 is 2.87 bits per heavy atom. The third kappa shape index (κ3) is 2.41. The van der Waals surface area contributed by atoms with Gasteiger partial charge in [0.15, 0.2) is 0 Å². The van der Waals surface area contributed by atoms with Gasteiger partial charge in [-0.25, -0.2) is 0 Å². The van der Waals surface area contributed by atoms with E-state index in [0.29, 0.717) is 0 Å². The SMILES string of the molecule is Cn1ccc(C(N)Cc2ccccn2)n1. The number of pyridine rings is 1. The smallest absolute Gasteiger partial charge is 0.0795 e. The predicted molar refractivity (Wildman–Crippen MR) is 58.1 cm³/mol. The summed E-state index contributed by atoms with van der Waals surface area (Å²) in [4.78, 5) is 4.24. The van der Waals surface area contributed by atoms with E-state index >= 15 is 0 Å². The lowest BCUT2D eigenvalue weighted by Gasteiger charge is -2.07. The Balaban J connectivity index is 2.07. The number of aromatic nitrogens is 3. The fourth-order valence-electron chi connectivity index (χ4n) is 1.48. The molecule has 0 saturated carbocycles. The van der Waals surface area contributed by atoms with Gasteiger partial charge in [0, 0.05) is 31.6 Å². The van der Waals surface area contributed by atoms with E-state index in [2.05, 4.69) is 10.1 Å². The highest BCUT2D eigenvalue weighted by molar-refractivity contribution is 5.11. The summed E-state index contributed by atoms with van der Waals surface area (Å²) in [5, 5.41) is 4.27. The fraction of sp³-hybridized carbons (Fsp3) is 0.273. The monoisotopic (exact) mass is 202 g/mol. The van der Waals surface area contributed by atoms with Crippen LogP contribution in [0, 0.1) is 0 Å². The molecule has 2 aromatic heterocycles. The molecule has 78 valence electrons. The average Bonchev–Trinajstić information content (AvgIpc) is 2.66. The molecule has 0 aliphatic heterocycles. The van der Waals surface area contributed by atoms with E-state index in [9.17, 15) is 0 Å². The van der Waals surface area contributed by atoms with Crippen molar-refractivity contribution in [3.8, 4) is 0 Å². The Morgan fingerprint density at radius 2 is 2.27 bits per heavy atom. The molecule has 2 N–H and O–H groups in total. The molecule has 2 rings (SSSR count). The van der Waals surface area contributed by atoms with Gasteiger partial charge in [-0.1, -0.05) is 6.07 Å². The van der Waals surface area contributed by atoms with Crippen molar-refractivity contribution in [2.24, 2.45) is 12.8 Å². The maximum atomic E-state index is 6.02. The number of nitrogens with two attached hydrogens (primary N) is 1. The van der Waals surface area contributed by atoms with Gasteiger partial charge in [-0.2, -0.15) is 5.10 Å². The molecule has 1 unspecified atom stereocenters. The maximum absolute atomic E-state index is 6.02. The first-order chi connectivity index (χ1) is 7.25. The summed E-state index contributed by atoms with van der Waals surface area (Å²) in [6, 6.07) is 7.70. The van der Waals surface area contributed by atoms with Gasteiger partial charge in [-0.05, 0) is 18.2 Å². The van der Waals surface area contributed by atoms with Crippen molar-refractivity contribution in [3.05, 3.63) is 48.0 Å². The molecule has 0 saturated heterocycles. The first kappa shape index (κ1) is 9.86. The highest BCUT2D eigenvalue weighted by atomic mass is 15.3. The molecule has 0 bridgehead atoms. The van der Waals surface area contributed by atoms with Gasteiger partial charge in [-0.3, -0.25) is 9.67 Å². The average molecular weight is 202 g/mol. The first-order valence-corrected chi connectivity index (χ1v) is 4.91. The zero-order valence-corrected chi connectivity index (χ0v) is 8.67. The summed E-state index contributed by atoms with van der Waals surface area (Å²) in [5.41, 5.74) is 7.93. The predicted octanol–water partition coefficient (Wildman–Crippen LogP) is 1.06. The lowest BCUT2D eigenvalue weighted by molar-refractivity contribution is 0.649. The van der Waals surface area contributed by atoms with Crippen LogP contribution in [0.2, 0.25) is 0 Å². The van der Waals surface area contributed by atoms with Crippen LogP contribution in [0.4, 0.5) is 0 Å². The summed E-state index contributed by atoms with van der Waals surface area (Å²) in [5.74, 6) is 0. The van der Waals surface area contributed by atoms with Gasteiger partial charge in [0.1, 0.15) is 0 Å². The second-order valence-electron chi connectivity index (χ2n) is 3.55. The normalized spacial score (nSPS) is 12.7. The molecule has 0 fully saturated rings. The van der Waals surface area contributed by atoms with Crippen molar-refractivity contribution < 1.29 is 0 Å². The van der Waals surface area contributed by atoms with Gasteiger partial charge in [0.2, 0.25) is 0 Å². The first-order valence-electron chi connectivity index (χ1n) is 4.91. The van der Waals surface area contributed by atoms with E-state index in [0.717, 1.165) is 17.8 Å². The lowest BCUT2D eigenvalue weighted by Crippen LogP contribution is -2.15. The molecule has 2 heterocycles. The number of hydrogen-bond acceptors (Lipinski definition) is 3. The molecule has 0 spiro atoms. The summed E-state index contributed by atoms with van der Waals surface area (Å²) in [7, 11) is 1.89. The molecule has 4 heteroatoms. The van der Waals surface area contributed by atoms with E-state index in [-0.39, 0.29) is 6.04 Å². The van der Waals surface area contributed by atoms with Crippen molar-refractivity contribution in [2.45, 2.75) is 12.5 Å². The van der Waals surface area contributed by atoms with Crippen LogP contribution in [0.25, 0.3) is 0 Å². The fourth-order valence-corrected chi connectivity index (χ4v) is 1.48. The second-order valence-corrected chi connectivity index (χ2v) is 3.55. The third-order valence-electron chi connectivity index (χ3n) is 2.27. The Labute approximate surface area is 88.8 Å². The highest BCUT2D eigenvalue weighted by Gasteiger charge is 2.09. The summed E-state index contributed by atoms with van der Waals surface area (Å²) >= 11 is 0. The minimum atomic E-state index is -0.0823. The van der Waals surface area contributed by atoms with Crippen molar-refractivity contribution in [3.63, 3.8) is 0 Å². The molecular weight excluding hydrogens is 188 g/mol. The molecule has 0 radical (unpaired) electrons. The molecule has 15 heavy (non-hydrogen) atoms. The molecule has 1 atom stereocenters. The highest BCUT2D eigenvalue weighted by Crippen LogP contribution is 2.11. The Hall–Kier alpha value is -1.68. The van der Waals surface area contributed by atoms with Gasteiger partial charge in [0.25, 0.3) is 0 Å². The summed E-state index contributed by atoms with van der Waals surface area (Å²) in [6.07, 6.45) is 4.39. The van der Waals surface area contributed by atoms with Gasteiger partial charge in [0.05, 0.1) is 11.7 Å². The third-order valence-corrected chi connectivity index (χ3v) is 2.27. The lowest BCUT2D eigenvalue weighted by atomic mass is 10.1. The number of hydrogen-bond donors (Lipinski definition) is 1. The number of rotatable bonds is 3. The van der Waals surface area contributed by atoms with Crippen LogP contribution < -0.4 is 5.73 Å². The molecule has 0 aliphatic carbocycles. The van der Waals surface area contributed by atoms with Crippen LogP contribution in [0.3, 0.4) is 0 Å². The van der Waals surface area contributed by atoms with Crippen LogP contribution in [0.15, 0.2) is 36.7 Å². The standard InChI is InChI=1S/C11H14N4/c1-15-7-5-11(14-15)10(12)8-9-4-2-3-6-13-9/h2-7,10H,8,12H2,1H3. The minimum absolute atomic E-state index is 0.0823. The van der Waals surface area contributed by atoms with E-state index in [1.165, 1.54) is 0 Å². The maximum Gasteiger partial charge on any atom is 0.0795 e. The van der Waals surface area contributed by atoms with Crippen LogP contribution in [-0.4, -0.2) is 14.8 Å².